The van der Waals surface area contributed by atoms with E-state index in [1.165, 1.54) is 15.8 Å². The molecule has 108 valence electrons. The minimum absolute atomic E-state index is 0.0669. The molecule has 2 aromatic rings. The molecule has 0 aliphatic heterocycles. The molecule has 0 saturated carbocycles. The fourth-order valence-electron chi connectivity index (χ4n) is 1.75. The lowest BCUT2D eigenvalue weighted by Crippen LogP contribution is -2.31. The molecule has 1 atom stereocenters. The van der Waals surface area contributed by atoms with Crippen molar-refractivity contribution < 1.29 is 14.2 Å². The zero-order chi connectivity index (χ0) is 14.4. The molecule has 1 unspecified atom stereocenters. The molecule has 20 heavy (non-hydrogen) atoms. The Labute approximate surface area is 122 Å². The van der Waals surface area contributed by atoms with Gasteiger partial charge in [0.2, 0.25) is 0 Å². The van der Waals surface area contributed by atoms with Crippen LogP contribution in [-0.4, -0.2) is 24.4 Å². The molecule has 0 fully saturated rings. The van der Waals surface area contributed by atoms with Crippen LogP contribution in [0.3, 0.4) is 0 Å². The van der Waals surface area contributed by atoms with Crippen LogP contribution in [0.4, 0.5) is 4.39 Å². The number of aryl methyl sites for hydroxylation is 1. The monoisotopic (exact) mass is 295 g/mol. The fourth-order valence-corrected chi connectivity index (χ4v) is 2.61. The van der Waals surface area contributed by atoms with E-state index >= 15 is 0 Å². The molecule has 1 aromatic carbocycles. The number of benzene rings is 1. The molecular weight excluding hydrogens is 277 g/mol. The van der Waals surface area contributed by atoms with Crippen LogP contribution in [0, 0.1) is 12.7 Å². The lowest BCUT2D eigenvalue weighted by Gasteiger charge is -2.13. The third-order valence-corrected chi connectivity index (χ3v) is 3.74. The van der Waals surface area contributed by atoms with Crippen molar-refractivity contribution in [2.24, 2.45) is 0 Å². The number of halogens is 1. The second-order valence-electron chi connectivity index (χ2n) is 4.54. The Balaban J connectivity index is 1.68. The largest absolute Gasteiger partial charge is 0.488 e. The summed E-state index contributed by atoms with van der Waals surface area (Å²) in [5.41, 5.74) is 0. The van der Waals surface area contributed by atoms with Crippen molar-refractivity contribution >= 4 is 11.3 Å². The summed E-state index contributed by atoms with van der Waals surface area (Å²) in [6.07, 6.45) is -0.671. The van der Waals surface area contributed by atoms with Crippen LogP contribution < -0.4 is 10.1 Å². The second-order valence-corrected chi connectivity index (χ2v) is 5.91. The smallest absolute Gasteiger partial charge is 0.165 e. The molecule has 0 saturated heterocycles. The Hall–Kier alpha value is -1.43. The van der Waals surface area contributed by atoms with E-state index in [-0.39, 0.29) is 12.4 Å². The molecule has 2 N–H and O–H groups in total. The van der Waals surface area contributed by atoms with Gasteiger partial charge < -0.3 is 15.2 Å². The van der Waals surface area contributed by atoms with Gasteiger partial charge in [-0.15, -0.1) is 11.3 Å². The molecular formula is C15H18FNO2S. The fraction of sp³-hybridized carbons (Fsp3) is 0.333. The number of ether oxygens (including phenoxy) is 1. The number of para-hydroxylation sites is 1. The molecule has 0 bridgehead atoms. The quantitative estimate of drug-likeness (QED) is 0.825. The van der Waals surface area contributed by atoms with E-state index in [1.54, 1.807) is 29.5 Å². The van der Waals surface area contributed by atoms with Crippen LogP contribution in [0.5, 0.6) is 5.75 Å². The Morgan fingerprint density at radius 3 is 2.80 bits per heavy atom. The van der Waals surface area contributed by atoms with Crippen molar-refractivity contribution in [3.8, 4) is 5.75 Å². The predicted molar refractivity (Wildman–Crippen MR) is 78.7 cm³/mol. The van der Waals surface area contributed by atoms with Crippen LogP contribution in [-0.2, 0) is 6.54 Å². The predicted octanol–water partition coefficient (Wildman–Crippen LogP) is 2.73. The van der Waals surface area contributed by atoms with E-state index < -0.39 is 11.9 Å². The summed E-state index contributed by atoms with van der Waals surface area (Å²) in [7, 11) is 0. The summed E-state index contributed by atoms with van der Waals surface area (Å²) < 4.78 is 18.5. The maximum atomic E-state index is 13.3. The van der Waals surface area contributed by atoms with Crippen LogP contribution in [0.25, 0.3) is 0 Å². The van der Waals surface area contributed by atoms with Gasteiger partial charge in [0.05, 0.1) is 0 Å². The zero-order valence-electron chi connectivity index (χ0n) is 11.3. The van der Waals surface area contributed by atoms with Crippen LogP contribution in [0.1, 0.15) is 9.75 Å². The summed E-state index contributed by atoms with van der Waals surface area (Å²) in [6.45, 7) is 3.25. The molecule has 1 aromatic heterocycles. The topological polar surface area (TPSA) is 41.5 Å². The highest BCUT2D eigenvalue weighted by atomic mass is 32.1. The molecule has 3 nitrogen and oxygen atoms in total. The van der Waals surface area contributed by atoms with Gasteiger partial charge in [0.1, 0.15) is 12.7 Å². The highest BCUT2D eigenvalue weighted by Crippen LogP contribution is 2.16. The van der Waals surface area contributed by atoms with Gasteiger partial charge in [-0.05, 0) is 31.2 Å². The number of hydrogen-bond acceptors (Lipinski definition) is 4. The maximum Gasteiger partial charge on any atom is 0.165 e. The number of thiophene rings is 1. The molecule has 0 aliphatic carbocycles. The number of aliphatic hydroxyl groups excluding tert-OH is 1. The Kier molecular flexibility index (Phi) is 5.52. The lowest BCUT2D eigenvalue weighted by molar-refractivity contribution is 0.104. The van der Waals surface area contributed by atoms with Gasteiger partial charge in [0.15, 0.2) is 11.6 Å². The molecule has 1 heterocycles. The molecule has 0 amide bonds. The van der Waals surface area contributed by atoms with Gasteiger partial charge in [-0.1, -0.05) is 12.1 Å². The van der Waals surface area contributed by atoms with E-state index in [1.807, 2.05) is 0 Å². The van der Waals surface area contributed by atoms with Crippen LogP contribution >= 0.6 is 11.3 Å². The first-order valence-electron chi connectivity index (χ1n) is 6.46. The van der Waals surface area contributed by atoms with Crippen molar-refractivity contribution in [3.63, 3.8) is 0 Å². The van der Waals surface area contributed by atoms with Gasteiger partial charge in [-0.3, -0.25) is 0 Å². The number of rotatable bonds is 7. The molecule has 2 rings (SSSR count). The van der Waals surface area contributed by atoms with Gasteiger partial charge >= 0.3 is 0 Å². The van der Waals surface area contributed by atoms with Gasteiger partial charge in [-0.2, -0.15) is 0 Å². The van der Waals surface area contributed by atoms with E-state index in [2.05, 4.69) is 24.4 Å². The van der Waals surface area contributed by atoms with Gasteiger partial charge in [0.25, 0.3) is 0 Å². The molecule has 0 spiro atoms. The minimum Gasteiger partial charge on any atom is -0.488 e. The molecule has 5 heteroatoms. The first kappa shape index (κ1) is 15.0. The molecule has 0 radical (unpaired) electrons. The van der Waals surface area contributed by atoms with Crippen molar-refractivity contribution in [1.82, 2.24) is 5.32 Å². The average Bonchev–Trinajstić information content (AvgIpc) is 2.83. The van der Waals surface area contributed by atoms with Crippen molar-refractivity contribution in [2.45, 2.75) is 19.6 Å². The number of nitrogens with one attached hydrogen (secondary N) is 1. The van der Waals surface area contributed by atoms with Crippen LogP contribution in [0.2, 0.25) is 0 Å². The van der Waals surface area contributed by atoms with E-state index in [4.69, 9.17) is 4.74 Å². The summed E-state index contributed by atoms with van der Waals surface area (Å²) in [4.78, 5) is 2.50. The summed E-state index contributed by atoms with van der Waals surface area (Å²) in [5, 5.41) is 12.9. The first-order chi connectivity index (χ1) is 9.65. The Bertz CT molecular complexity index is 544. The minimum atomic E-state index is -0.671. The average molecular weight is 295 g/mol. The summed E-state index contributed by atoms with van der Waals surface area (Å²) in [5.74, 6) is -0.248. The highest BCUT2D eigenvalue weighted by molar-refractivity contribution is 7.11. The normalized spacial score (nSPS) is 12.3. The third kappa shape index (κ3) is 4.59. The van der Waals surface area contributed by atoms with E-state index in [0.717, 1.165) is 6.54 Å². The van der Waals surface area contributed by atoms with E-state index in [0.29, 0.717) is 6.54 Å². The Morgan fingerprint density at radius 2 is 2.10 bits per heavy atom. The second kappa shape index (κ2) is 7.38. The Morgan fingerprint density at radius 1 is 1.30 bits per heavy atom. The zero-order valence-corrected chi connectivity index (χ0v) is 12.1. The summed E-state index contributed by atoms with van der Waals surface area (Å²) in [6, 6.07) is 10.3. The molecule has 0 aliphatic rings. The number of hydrogen-bond donors (Lipinski definition) is 2. The highest BCUT2D eigenvalue weighted by Gasteiger charge is 2.07. The SMILES string of the molecule is Cc1ccc(CNCC(O)COc2ccccc2F)s1. The first-order valence-corrected chi connectivity index (χ1v) is 7.28. The van der Waals surface area contributed by atoms with Crippen molar-refractivity contribution in [3.05, 3.63) is 52.0 Å². The standard InChI is InChI=1S/C15H18FNO2S/c1-11-6-7-13(20-11)9-17-8-12(18)10-19-15-5-3-2-4-14(15)16/h2-7,12,17-18H,8-10H2,1H3. The summed E-state index contributed by atoms with van der Waals surface area (Å²) >= 11 is 1.73. The lowest BCUT2D eigenvalue weighted by atomic mass is 10.3. The van der Waals surface area contributed by atoms with Crippen molar-refractivity contribution in [2.75, 3.05) is 13.2 Å². The van der Waals surface area contributed by atoms with Gasteiger partial charge in [0, 0.05) is 22.8 Å². The van der Waals surface area contributed by atoms with E-state index in [9.17, 15) is 9.50 Å². The maximum absolute atomic E-state index is 13.3. The van der Waals surface area contributed by atoms with Crippen molar-refractivity contribution in [1.29, 1.82) is 0 Å². The third-order valence-electron chi connectivity index (χ3n) is 2.74. The van der Waals surface area contributed by atoms with Gasteiger partial charge in [-0.25, -0.2) is 4.39 Å². The van der Waals surface area contributed by atoms with Crippen LogP contribution in [0.15, 0.2) is 36.4 Å². The number of aliphatic hydroxyl groups is 1.